The van der Waals surface area contributed by atoms with E-state index in [2.05, 4.69) is 18.3 Å². The average molecular weight is 307 g/mol. The number of hydrogen-bond acceptors (Lipinski definition) is 3. The van der Waals surface area contributed by atoms with Crippen molar-refractivity contribution in [2.24, 2.45) is 0 Å². The number of hydrogen-bond donors (Lipinski definition) is 1. The smallest absolute Gasteiger partial charge is 0.369 e. The van der Waals surface area contributed by atoms with Gasteiger partial charge in [0.25, 0.3) is 0 Å². The van der Waals surface area contributed by atoms with Crippen LogP contribution < -0.4 is 5.32 Å². The summed E-state index contributed by atoms with van der Waals surface area (Å²) < 4.78 is 41.5. The predicted molar refractivity (Wildman–Crippen MR) is 73.9 cm³/mol. The highest BCUT2D eigenvalue weighted by Crippen LogP contribution is 2.27. The topological polar surface area (TPSA) is 21.3 Å². The molecule has 0 aromatic carbocycles. The summed E-state index contributed by atoms with van der Waals surface area (Å²) in [5.74, 6) is 0. The van der Waals surface area contributed by atoms with E-state index in [1.807, 2.05) is 11.4 Å². The van der Waals surface area contributed by atoms with Gasteiger partial charge in [0.1, 0.15) is 6.61 Å². The van der Waals surface area contributed by atoms with Crippen LogP contribution in [0.5, 0.6) is 0 Å². The fourth-order valence-corrected chi connectivity index (χ4v) is 3.38. The van der Waals surface area contributed by atoms with Crippen LogP contribution in [0.25, 0.3) is 0 Å². The minimum absolute atomic E-state index is 0.235. The zero-order valence-corrected chi connectivity index (χ0v) is 12.3. The molecular formula is C14H20F3NOS. The third kappa shape index (κ3) is 5.07. The number of ether oxygens (including phenoxy) is 1. The van der Waals surface area contributed by atoms with Crippen LogP contribution in [0.1, 0.15) is 43.5 Å². The van der Waals surface area contributed by atoms with Gasteiger partial charge >= 0.3 is 6.18 Å². The van der Waals surface area contributed by atoms with Crippen molar-refractivity contribution in [1.29, 1.82) is 0 Å². The van der Waals surface area contributed by atoms with Crippen molar-refractivity contribution in [1.82, 2.24) is 5.32 Å². The van der Waals surface area contributed by atoms with Gasteiger partial charge in [-0.2, -0.15) is 13.2 Å². The van der Waals surface area contributed by atoms with Crippen molar-refractivity contribution in [2.45, 2.75) is 57.0 Å². The van der Waals surface area contributed by atoms with Crippen LogP contribution in [0.4, 0.5) is 13.2 Å². The minimum Gasteiger partial charge on any atom is -0.369 e. The van der Waals surface area contributed by atoms with Gasteiger partial charge in [-0.25, -0.2) is 0 Å². The molecule has 114 valence electrons. The van der Waals surface area contributed by atoms with Crippen LogP contribution in [-0.4, -0.2) is 24.9 Å². The fourth-order valence-electron chi connectivity index (χ4n) is 2.63. The molecule has 1 N–H and O–H groups in total. The molecule has 6 heteroatoms. The van der Waals surface area contributed by atoms with Gasteiger partial charge in [0.05, 0.1) is 6.10 Å². The Labute approximate surface area is 121 Å². The summed E-state index contributed by atoms with van der Waals surface area (Å²) >= 11 is 1.69. The summed E-state index contributed by atoms with van der Waals surface area (Å²) in [5, 5.41) is 5.53. The Balaban J connectivity index is 1.78. The first-order valence-corrected chi connectivity index (χ1v) is 7.80. The Hall–Kier alpha value is -0.590. The fraction of sp³-hybridized carbons (Fsp3) is 0.714. The molecule has 1 heterocycles. The van der Waals surface area contributed by atoms with Crippen molar-refractivity contribution in [3.63, 3.8) is 0 Å². The Morgan fingerprint density at radius 3 is 2.90 bits per heavy atom. The molecule has 1 fully saturated rings. The normalized spacial score (nSPS) is 25.6. The number of halogens is 3. The molecular weight excluding hydrogens is 287 g/mol. The van der Waals surface area contributed by atoms with Crippen LogP contribution in [0.2, 0.25) is 0 Å². The first-order chi connectivity index (χ1) is 9.44. The Morgan fingerprint density at radius 1 is 1.45 bits per heavy atom. The van der Waals surface area contributed by atoms with Gasteiger partial charge in [-0.15, -0.1) is 11.3 Å². The van der Waals surface area contributed by atoms with E-state index in [1.165, 1.54) is 4.88 Å². The summed E-state index contributed by atoms with van der Waals surface area (Å²) in [7, 11) is 0. The molecule has 3 atom stereocenters. The van der Waals surface area contributed by atoms with E-state index in [9.17, 15) is 13.2 Å². The minimum atomic E-state index is -4.23. The zero-order chi connectivity index (χ0) is 14.6. The van der Waals surface area contributed by atoms with Crippen LogP contribution >= 0.6 is 11.3 Å². The predicted octanol–water partition coefficient (Wildman–Crippen LogP) is 4.29. The Kier molecular flexibility index (Phi) is 5.46. The second kappa shape index (κ2) is 6.91. The molecule has 3 unspecified atom stereocenters. The van der Waals surface area contributed by atoms with Gasteiger partial charge in [0.15, 0.2) is 0 Å². The van der Waals surface area contributed by atoms with Gasteiger partial charge < -0.3 is 10.1 Å². The van der Waals surface area contributed by atoms with Crippen molar-refractivity contribution >= 4 is 11.3 Å². The first kappa shape index (κ1) is 15.8. The summed E-state index contributed by atoms with van der Waals surface area (Å²) in [6, 6.07) is 4.55. The Bertz CT molecular complexity index is 394. The van der Waals surface area contributed by atoms with Crippen LogP contribution in [-0.2, 0) is 4.74 Å². The summed E-state index contributed by atoms with van der Waals surface area (Å²) in [5.41, 5.74) is 0. The van der Waals surface area contributed by atoms with E-state index in [1.54, 1.807) is 11.3 Å². The number of rotatable bonds is 5. The molecule has 0 aliphatic heterocycles. The second-order valence-corrected chi connectivity index (χ2v) is 6.29. The standard InChI is InChI=1S/C14H20F3NOS/c1-10(13-6-3-7-20-13)18-11-4-2-5-12(8-11)19-9-14(15,16)17/h3,6-7,10-12,18H,2,4-5,8-9H2,1H3. The van der Waals surface area contributed by atoms with E-state index >= 15 is 0 Å². The van der Waals surface area contributed by atoms with Crippen molar-refractivity contribution in [2.75, 3.05) is 6.61 Å². The molecule has 2 rings (SSSR count). The number of thiophene rings is 1. The maximum absolute atomic E-state index is 12.2. The summed E-state index contributed by atoms with van der Waals surface area (Å²) in [6.07, 6.45) is -1.21. The second-order valence-electron chi connectivity index (χ2n) is 5.32. The van der Waals surface area contributed by atoms with E-state index < -0.39 is 12.8 Å². The van der Waals surface area contributed by atoms with Crippen LogP contribution in [0, 0.1) is 0 Å². The summed E-state index contributed by atoms with van der Waals surface area (Å²) in [4.78, 5) is 1.25. The van der Waals surface area contributed by atoms with Crippen molar-refractivity contribution in [3.8, 4) is 0 Å². The molecule has 1 aliphatic carbocycles. The molecule has 20 heavy (non-hydrogen) atoms. The molecule has 0 radical (unpaired) electrons. The van der Waals surface area contributed by atoms with Gasteiger partial charge in [0, 0.05) is 17.0 Å². The summed E-state index contributed by atoms with van der Waals surface area (Å²) in [6.45, 7) is 0.955. The molecule has 1 aliphatic rings. The largest absolute Gasteiger partial charge is 0.411 e. The molecule has 2 nitrogen and oxygen atoms in total. The third-order valence-electron chi connectivity index (χ3n) is 3.56. The van der Waals surface area contributed by atoms with Gasteiger partial charge in [0.2, 0.25) is 0 Å². The van der Waals surface area contributed by atoms with Gasteiger partial charge in [-0.1, -0.05) is 6.07 Å². The van der Waals surface area contributed by atoms with Crippen molar-refractivity contribution in [3.05, 3.63) is 22.4 Å². The van der Waals surface area contributed by atoms with Crippen LogP contribution in [0.3, 0.4) is 0 Å². The number of nitrogens with one attached hydrogen (secondary N) is 1. The molecule has 1 aromatic rings. The monoisotopic (exact) mass is 307 g/mol. The molecule has 0 spiro atoms. The first-order valence-electron chi connectivity index (χ1n) is 6.92. The van der Waals surface area contributed by atoms with Gasteiger partial charge in [-0.3, -0.25) is 0 Å². The lowest BCUT2D eigenvalue weighted by atomic mass is 9.92. The molecule has 0 bridgehead atoms. The lowest BCUT2D eigenvalue weighted by molar-refractivity contribution is -0.188. The van der Waals surface area contributed by atoms with E-state index in [-0.39, 0.29) is 18.2 Å². The number of alkyl halides is 3. The highest BCUT2D eigenvalue weighted by molar-refractivity contribution is 7.10. The zero-order valence-electron chi connectivity index (χ0n) is 11.5. The highest BCUT2D eigenvalue weighted by Gasteiger charge is 2.31. The van der Waals surface area contributed by atoms with E-state index in [0.29, 0.717) is 6.42 Å². The van der Waals surface area contributed by atoms with E-state index in [4.69, 9.17) is 4.74 Å². The molecule has 1 aromatic heterocycles. The Morgan fingerprint density at radius 2 is 2.25 bits per heavy atom. The maximum Gasteiger partial charge on any atom is 0.411 e. The third-order valence-corrected chi connectivity index (χ3v) is 4.62. The maximum atomic E-state index is 12.2. The SMILES string of the molecule is CC(NC1CCCC(OCC(F)(F)F)C1)c1cccs1. The lowest BCUT2D eigenvalue weighted by Gasteiger charge is -2.32. The average Bonchev–Trinajstić information content (AvgIpc) is 2.90. The molecule has 0 amide bonds. The molecule has 1 saturated carbocycles. The highest BCUT2D eigenvalue weighted by atomic mass is 32.1. The van der Waals surface area contributed by atoms with E-state index in [0.717, 1.165) is 19.3 Å². The van der Waals surface area contributed by atoms with Crippen LogP contribution in [0.15, 0.2) is 17.5 Å². The lowest BCUT2D eigenvalue weighted by Crippen LogP contribution is -2.39. The quantitative estimate of drug-likeness (QED) is 0.876. The molecule has 0 saturated heterocycles. The van der Waals surface area contributed by atoms with Crippen molar-refractivity contribution < 1.29 is 17.9 Å². The van der Waals surface area contributed by atoms with Gasteiger partial charge in [-0.05, 0) is 44.1 Å².